The molecular weight excluding hydrogens is 250 g/mol. The van der Waals surface area contributed by atoms with Crippen LogP contribution in [0.1, 0.15) is 26.1 Å². The first-order valence-corrected chi connectivity index (χ1v) is 8.33. The highest BCUT2D eigenvalue weighted by Crippen LogP contribution is 2.01. The molecule has 0 aromatic carbocycles. The Bertz CT molecular complexity index is 452. The van der Waals surface area contributed by atoms with Gasteiger partial charge in [-0.1, -0.05) is 13.8 Å². The van der Waals surface area contributed by atoms with Crippen LogP contribution in [0.5, 0.6) is 0 Å². The van der Waals surface area contributed by atoms with Crippen molar-refractivity contribution in [3.05, 3.63) is 18.2 Å². The molecule has 0 saturated heterocycles. The molecule has 1 rings (SSSR count). The molecule has 6 heteroatoms. The smallest absolute Gasteiger partial charge is 0.147 e. The van der Waals surface area contributed by atoms with Crippen LogP contribution in [0.15, 0.2) is 12.4 Å². The van der Waals surface area contributed by atoms with Gasteiger partial charge in [-0.3, -0.25) is 0 Å². The zero-order valence-electron chi connectivity index (χ0n) is 11.4. The average molecular weight is 273 g/mol. The Morgan fingerprint density at radius 3 is 2.78 bits per heavy atom. The van der Waals surface area contributed by atoms with Crippen LogP contribution >= 0.6 is 0 Å². The topological polar surface area (TPSA) is 64.0 Å². The molecule has 0 spiro atoms. The van der Waals surface area contributed by atoms with Crippen molar-refractivity contribution < 1.29 is 8.42 Å². The van der Waals surface area contributed by atoms with E-state index in [0.29, 0.717) is 18.9 Å². The standard InChI is InChI=1S/C12H23N3O2S/c1-11(2)9-13-10-12-14-5-7-15(12)6-4-8-18(3,16)17/h5,7,11,13H,4,6,8-10H2,1-3H3. The molecule has 1 aromatic heterocycles. The van der Waals surface area contributed by atoms with Crippen molar-refractivity contribution in [1.82, 2.24) is 14.9 Å². The van der Waals surface area contributed by atoms with Crippen LogP contribution in [0.2, 0.25) is 0 Å². The minimum absolute atomic E-state index is 0.226. The highest BCUT2D eigenvalue weighted by Gasteiger charge is 2.05. The van der Waals surface area contributed by atoms with Gasteiger partial charge in [-0.25, -0.2) is 13.4 Å². The Kier molecular flexibility index (Phi) is 5.81. The Morgan fingerprint density at radius 2 is 2.17 bits per heavy atom. The fraction of sp³-hybridized carbons (Fsp3) is 0.750. The molecule has 0 aliphatic heterocycles. The molecule has 0 aliphatic carbocycles. The number of rotatable bonds is 8. The number of imidazole rings is 1. The summed E-state index contributed by atoms with van der Waals surface area (Å²) in [5.74, 6) is 1.80. The summed E-state index contributed by atoms with van der Waals surface area (Å²) in [4.78, 5) is 4.28. The van der Waals surface area contributed by atoms with Crippen LogP contribution in [0, 0.1) is 5.92 Å². The molecule has 0 fully saturated rings. The van der Waals surface area contributed by atoms with Gasteiger partial charge >= 0.3 is 0 Å². The van der Waals surface area contributed by atoms with E-state index in [0.717, 1.165) is 18.9 Å². The summed E-state index contributed by atoms with van der Waals surface area (Å²) >= 11 is 0. The summed E-state index contributed by atoms with van der Waals surface area (Å²) in [6.45, 7) is 6.70. The quantitative estimate of drug-likeness (QED) is 0.769. The number of sulfone groups is 1. The van der Waals surface area contributed by atoms with Gasteiger partial charge in [0.05, 0.1) is 12.3 Å². The van der Waals surface area contributed by atoms with Crippen LogP contribution in [0.4, 0.5) is 0 Å². The van der Waals surface area contributed by atoms with E-state index >= 15 is 0 Å². The summed E-state index contributed by atoms with van der Waals surface area (Å²) < 4.78 is 24.1. The lowest BCUT2D eigenvalue weighted by Gasteiger charge is -2.10. The van der Waals surface area contributed by atoms with E-state index in [9.17, 15) is 8.42 Å². The van der Waals surface area contributed by atoms with Gasteiger partial charge in [-0.15, -0.1) is 0 Å². The fourth-order valence-corrected chi connectivity index (χ4v) is 2.33. The number of hydrogen-bond acceptors (Lipinski definition) is 4. The van der Waals surface area contributed by atoms with Crippen molar-refractivity contribution in [2.45, 2.75) is 33.4 Å². The van der Waals surface area contributed by atoms with E-state index in [1.165, 1.54) is 6.26 Å². The lowest BCUT2D eigenvalue weighted by atomic mass is 10.2. The monoisotopic (exact) mass is 273 g/mol. The van der Waals surface area contributed by atoms with E-state index in [4.69, 9.17) is 0 Å². The SMILES string of the molecule is CC(C)CNCc1nccn1CCCS(C)(=O)=O. The molecular formula is C12H23N3O2S. The second-order valence-corrected chi connectivity index (χ2v) is 7.30. The summed E-state index contributed by atoms with van der Waals surface area (Å²) in [6, 6.07) is 0. The normalized spacial score (nSPS) is 12.2. The van der Waals surface area contributed by atoms with Crippen LogP contribution in [-0.4, -0.2) is 36.5 Å². The number of nitrogens with one attached hydrogen (secondary N) is 1. The number of hydrogen-bond donors (Lipinski definition) is 1. The van der Waals surface area contributed by atoms with Crippen molar-refractivity contribution in [3.63, 3.8) is 0 Å². The maximum Gasteiger partial charge on any atom is 0.147 e. The third-order valence-corrected chi connectivity index (χ3v) is 3.58. The number of aromatic nitrogens is 2. The van der Waals surface area contributed by atoms with E-state index in [-0.39, 0.29) is 5.75 Å². The minimum Gasteiger partial charge on any atom is -0.334 e. The van der Waals surface area contributed by atoms with Gasteiger partial charge in [0.15, 0.2) is 0 Å². The van der Waals surface area contributed by atoms with Crippen molar-refractivity contribution in [3.8, 4) is 0 Å². The first kappa shape index (κ1) is 15.2. The maximum atomic E-state index is 11.1. The molecule has 0 aliphatic rings. The minimum atomic E-state index is -2.87. The molecule has 0 saturated carbocycles. The van der Waals surface area contributed by atoms with Gasteiger partial charge in [0.25, 0.3) is 0 Å². The predicted molar refractivity (Wildman–Crippen MR) is 73.1 cm³/mol. The first-order valence-electron chi connectivity index (χ1n) is 6.27. The maximum absolute atomic E-state index is 11.1. The van der Waals surface area contributed by atoms with Gasteiger partial charge in [0.1, 0.15) is 15.7 Å². The molecule has 1 heterocycles. The Hall–Kier alpha value is -0.880. The van der Waals surface area contributed by atoms with Crippen molar-refractivity contribution >= 4 is 9.84 Å². The van der Waals surface area contributed by atoms with Gasteiger partial charge in [0, 0.05) is 25.2 Å². The largest absolute Gasteiger partial charge is 0.334 e. The molecule has 18 heavy (non-hydrogen) atoms. The zero-order chi connectivity index (χ0) is 13.6. The van der Waals surface area contributed by atoms with Crippen LogP contribution in [0.3, 0.4) is 0 Å². The van der Waals surface area contributed by atoms with E-state index in [1.807, 2.05) is 10.8 Å². The Morgan fingerprint density at radius 1 is 1.44 bits per heavy atom. The fourth-order valence-electron chi connectivity index (χ4n) is 1.68. The molecule has 0 atom stereocenters. The summed E-state index contributed by atoms with van der Waals surface area (Å²) in [6.07, 6.45) is 5.56. The van der Waals surface area contributed by atoms with Gasteiger partial charge < -0.3 is 9.88 Å². The molecule has 0 amide bonds. The Labute approximate surface area is 110 Å². The second kappa shape index (κ2) is 6.89. The van der Waals surface area contributed by atoms with Gasteiger partial charge in [-0.2, -0.15) is 0 Å². The lowest BCUT2D eigenvalue weighted by molar-refractivity contribution is 0.524. The molecule has 1 aromatic rings. The lowest BCUT2D eigenvalue weighted by Crippen LogP contribution is -2.21. The van der Waals surface area contributed by atoms with Gasteiger partial charge in [-0.05, 0) is 18.9 Å². The molecule has 0 radical (unpaired) electrons. The number of aryl methyl sites for hydroxylation is 1. The van der Waals surface area contributed by atoms with E-state index < -0.39 is 9.84 Å². The van der Waals surface area contributed by atoms with Crippen LogP contribution < -0.4 is 5.32 Å². The second-order valence-electron chi connectivity index (χ2n) is 5.05. The van der Waals surface area contributed by atoms with Crippen molar-refractivity contribution in [1.29, 1.82) is 0 Å². The first-order chi connectivity index (χ1) is 8.38. The molecule has 0 unspecified atom stereocenters. The molecule has 1 N–H and O–H groups in total. The van der Waals surface area contributed by atoms with E-state index in [1.54, 1.807) is 6.20 Å². The number of nitrogens with zero attached hydrogens (tertiary/aromatic N) is 2. The highest BCUT2D eigenvalue weighted by atomic mass is 32.2. The Balaban J connectivity index is 2.40. The molecule has 5 nitrogen and oxygen atoms in total. The third-order valence-electron chi connectivity index (χ3n) is 2.55. The summed E-state index contributed by atoms with van der Waals surface area (Å²) in [5.41, 5.74) is 0. The molecule has 104 valence electrons. The molecule has 0 bridgehead atoms. The summed E-state index contributed by atoms with van der Waals surface area (Å²) in [5, 5.41) is 3.33. The van der Waals surface area contributed by atoms with Gasteiger partial charge in [0.2, 0.25) is 0 Å². The zero-order valence-corrected chi connectivity index (χ0v) is 12.2. The average Bonchev–Trinajstić information content (AvgIpc) is 2.63. The highest BCUT2D eigenvalue weighted by molar-refractivity contribution is 7.90. The summed E-state index contributed by atoms with van der Waals surface area (Å²) in [7, 11) is -2.87. The van der Waals surface area contributed by atoms with E-state index in [2.05, 4.69) is 24.1 Å². The van der Waals surface area contributed by atoms with Crippen molar-refractivity contribution in [2.24, 2.45) is 5.92 Å². The predicted octanol–water partition coefficient (Wildman–Crippen LogP) is 1.06. The van der Waals surface area contributed by atoms with Crippen LogP contribution in [0.25, 0.3) is 0 Å². The van der Waals surface area contributed by atoms with Crippen molar-refractivity contribution in [2.75, 3.05) is 18.6 Å². The third kappa shape index (κ3) is 6.16. The van der Waals surface area contributed by atoms with Crippen LogP contribution in [-0.2, 0) is 22.9 Å².